The topological polar surface area (TPSA) is 112 Å². The second-order valence-corrected chi connectivity index (χ2v) is 8.16. The third kappa shape index (κ3) is 7.26. The Hall–Kier alpha value is -1.11. The lowest BCUT2D eigenvalue weighted by molar-refractivity contribution is -0.184. The summed E-state index contributed by atoms with van der Waals surface area (Å²) in [4.78, 5) is 38.6. The zero-order valence-electron chi connectivity index (χ0n) is 18.9. The molecule has 0 radical (unpaired) electrons. The Morgan fingerprint density at radius 2 is 0.966 bits per heavy atom. The van der Waals surface area contributed by atoms with Gasteiger partial charge in [0.1, 0.15) is 0 Å². The van der Waals surface area contributed by atoms with Gasteiger partial charge in [0.05, 0.1) is 0 Å². The molecule has 0 rings (SSSR count). The van der Waals surface area contributed by atoms with Gasteiger partial charge in [0.25, 0.3) is 0 Å². The molecule has 29 heavy (non-hydrogen) atoms. The van der Waals surface area contributed by atoms with Gasteiger partial charge in [-0.15, -0.1) is 0 Å². The fraction of sp³-hybridized carbons (Fsp3) is 0.870. The van der Waals surface area contributed by atoms with E-state index in [2.05, 4.69) is 0 Å². The van der Waals surface area contributed by atoms with Crippen LogP contribution in [0.4, 0.5) is 0 Å². The van der Waals surface area contributed by atoms with E-state index in [1.54, 1.807) is 6.92 Å². The van der Waals surface area contributed by atoms with Crippen molar-refractivity contribution >= 4 is 17.3 Å². The zero-order chi connectivity index (χ0) is 22.6. The Morgan fingerprint density at radius 3 is 1.21 bits per heavy atom. The first kappa shape index (κ1) is 27.9. The molecular formula is C23H42O6. The maximum absolute atomic E-state index is 12.9. The number of Topliss-reactive ketones (excluding diaryl/α,β-unsaturated/α-hetero) is 3. The van der Waals surface area contributed by atoms with Crippen LogP contribution >= 0.6 is 0 Å². The van der Waals surface area contributed by atoms with Crippen LogP contribution in [-0.2, 0) is 14.4 Å². The molecule has 0 saturated carbocycles. The van der Waals surface area contributed by atoms with Gasteiger partial charge in [-0.25, -0.2) is 0 Å². The summed E-state index contributed by atoms with van der Waals surface area (Å²) in [5.74, 6) is -3.25. The normalized spacial score (nSPS) is 15.9. The predicted molar refractivity (Wildman–Crippen MR) is 114 cm³/mol. The first-order valence-electron chi connectivity index (χ1n) is 11.4. The fourth-order valence-corrected chi connectivity index (χ4v) is 4.01. The highest BCUT2D eigenvalue weighted by Gasteiger charge is 2.55. The number of aliphatic hydroxyl groups is 3. The molecule has 0 aromatic heterocycles. The summed E-state index contributed by atoms with van der Waals surface area (Å²) in [5.41, 5.74) is -2.80. The molecule has 0 saturated heterocycles. The van der Waals surface area contributed by atoms with Crippen LogP contribution < -0.4 is 0 Å². The third-order valence-corrected chi connectivity index (χ3v) is 5.65. The van der Waals surface area contributed by atoms with Crippen LogP contribution in [0.3, 0.4) is 0 Å². The van der Waals surface area contributed by atoms with Gasteiger partial charge >= 0.3 is 0 Å². The molecule has 0 heterocycles. The second kappa shape index (κ2) is 14.0. The number of carbonyl (C=O) groups is 3. The number of carbonyl (C=O) groups excluding carboxylic acids is 3. The summed E-state index contributed by atoms with van der Waals surface area (Å²) in [6, 6.07) is 0. The molecule has 0 amide bonds. The molecule has 0 aromatic carbocycles. The molecule has 3 N–H and O–H groups in total. The summed E-state index contributed by atoms with van der Waals surface area (Å²) < 4.78 is 0. The molecule has 2 unspecified atom stereocenters. The van der Waals surface area contributed by atoms with E-state index in [0.717, 1.165) is 0 Å². The molecule has 2 atom stereocenters. The number of rotatable bonds is 17. The van der Waals surface area contributed by atoms with Gasteiger partial charge in [0.15, 0.2) is 35.2 Å². The Bertz CT molecular complexity index is 469. The molecule has 0 bridgehead atoms. The SMILES string of the molecule is CCCC(=O)C(O)(C(O)C(=O)C(CCC)CCC)C(O)C(=O)C(CCC)CCC. The van der Waals surface area contributed by atoms with E-state index in [0.29, 0.717) is 57.8 Å². The maximum atomic E-state index is 12.9. The average Bonchev–Trinajstić information content (AvgIpc) is 2.70. The van der Waals surface area contributed by atoms with Crippen LogP contribution in [0, 0.1) is 11.8 Å². The van der Waals surface area contributed by atoms with Crippen molar-refractivity contribution in [3.8, 4) is 0 Å². The monoisotopic (exact) mass is 414 g/mol. The molecule has 6 nitrogen and oxygen atoms in total. The summed E-state index contributed by atoms with van der Waals surface area (Å²) in [6.45, 7) is 9.36. The molecular weight excluding hydrogens is 372 g/mol. The molecule has 0 aliphatic heterocycles. The van der Waals surface area contributed by atoms with Crippen molar-refractivity contribution in [3.63, 3.8) is 0 Å². The molecule has 0 spiro atoms. The minimum Gasteiger partial charge on any atom is -0.382 e. The summed E-state index contributed by atoms with van der Waals surface area (Å²) >= 11 is 0. The van der Waals surface area contributed by atoms with Crippen molar-refractivity contribution in [1.82, 2.24) is 0 Å². The van der Waals surface area contributed by atoms with Gasteiger partial charge in [0, 0.05) is 18.3 Å². The third-order valence-electron chi connectivity index (χ3n) is 5.65. The Morgan fingerprint density at radius 1 is 0.655 bits per heavy atom. The lowest BCUT2D eigenvalue weighted by Crippen LogP contribution is -2.64. The van der Waals surface area contributed by atoms with E-state index >= 15 is 0 Å². The summed E-state index contributed by atoms with van der Waals surface area (Å²) in [6.07, 6.45) is 0.887. The Labute approximate surface area is 176 Å². The van der Waals surface area contributed by atoms with E-state index in [1.165, 1.54) is 0 Å². The van der Waals surface area contributed by atoms with E-state index in [4.69, 9.17) is 0 Å². The second-order valence-electron chi connectivity index (χ2n) is 8.16. The van der Waals surface area contributed by atoms with Crippen molar-refractivity contribution in [2.75, 3.05) is 0 Å². The highest BCUT2D eigenvalue weighted by molar-refractivity contribution is 6.02. The van der Waals surface area contributed by atoms with Crippen LogP contribution in [0.15, 0.2) is 0 Å². The molecule has 0 aliphatic carbocycles. The van der Waals surface area contributed by atoms with Gasteiger partial charge < -0.3 is 15.3 Å². The van der Waals surface area contributed by atoms with Crippen molar-refractivity contribution in [3.05, 3.63) is 0 Å². The smallest absolute Gasteiger partial charge is 0.189 e. The van der Waals surface area contributed by atoms with E-state index in [1.807, 2.05) is 27.7 Å². The Balaban J connectivity index is 6.00. The van der Waals surface area contributed by atoms with E-state index in [-0.39, 0.29) is 6.42 Å². The average molecular weight is 415 g/mol. The first-order chi connectivity index (χ1) is 13.7. The number of hydrogen-bond acceptors (Lipinski definition) is 6. The minimum atomic E-state index is -2.80. The molecule has 0 aromatic rings. The van der Waals surface area contributed by atoms with Crippen LogP contribution in [0.5, 0.6) is 0 Å². The van der Waals surface area contributed by atoms with Gasteiger partial charge in [-0.2, -0.15) is 0 Å². The number of ketones is 3. The Kier molecular flexibility index (Phi) is 13.5. The lowest BCUT2D eigenvalue weighted by atomic mass is 9.74. The van der Waals surface area contributed by atoms with Crippen molar-refractivity contribution in [2.45, 2.75) is 117 Å². The molecule has 6 heteroatoms. The van der Waals surface area contributed by atoms with E-state index < -0.39 is 47.0 Å². The van der Waals surface area contributed by atoms with Gasteiger partial charge in [-0.1, -0.05) is 60.3 Å². The van der Waals surface area contributed by atoms with Crippen molar-refractivity contribution in [1.29, 1.82) is 0 Å². The van der Waals surface area contributed by atoms with Crippen LogP contribution in [0.25, 0.3) is 0 Å². The first-order valence-corrected chi connectivity index (χ1v) is 11.4. The fourth-order valence-electron chi connectivity index (χ4n) is 4.01. The van der Waals surface area contributed by atoms with Gasteiger partial charge in [-0.05, 0) is 32.1 Å². The maximum Gasteiger partial charge on any atom is 0.189 e. The largest absolute Gasteiger partial charge is 0.382 e. The van der Waals surface area contributed by atoms with Gasteiger partial charge in [0.2, 0.25) is 0 Å². The highest BCUT2D eigenvalue weighted by atomic mass is 16.4. The standard InChI is InChI=1S/C23H42O6/c1-6-11-16(12-7-2)19(25)21(27)23(29,18(24)15-10-5)22(28)20(26)17(13-8-3)14-9-4/h16-17,21-22,27-29H,6-15H2,1-5H3. The molecule has 0 aliphatic rings. The van der Waals surface area contributed by atoms with Crippen LogP contribution in [0.2, 0.25) is 0 Å². The van der Waals surface area contributed by atoms with E-state index in [9.17, 15) is 29.7 Å². The molecule has 0 fully saturated rings. The minimum absolute atomic E-state index is 0.135. The lowest BCUT2D eigenvalue weighted by Gasteiger charge is -2.37. The zero-order valence-corrected chi connectivity index (χ0v) is 18.9. The quantitative estimate of drug-likeness (QED) is 0.336. The van der Waals surface area contributed by atoms with Crippen molar-refractivity contribution in [2.24, 2.45) is 11.8 Å². The summed E-state index contributed by atoms with van der Waals surface area (Å²) in [7, 11) is 0. The van der Waals surface area contributed by atoms with Crippen LogP contribution in [-0.4, -0.2) is 50.5 Å². The van der Waals surface area contributed by atoms with Crippen molar-refractivity contribution < 1.29 is 29.7 Å². The predicted octanol–water partition coefficient (Wildman–Crippen LogP) is 3.38. The number of hydrogen-bond donors (Lipinski definition) is 3. The van der Waals surface area contributed by atoms with Gasteiger partial charge in [-0.3, -0.25) is 14.4 Å². The highest BCUT2D eigenvalue weighted by Crippen LogP contribution is 2.29. The number of aliphatic hydroxyl groups excluding tert-OH is 2. The molecule has 170 valence electrons. The summed E-state index contributed by atoms with van der Waals surface area (Å²) in [5, 5.41) is 32.7. The van der Waals surface area contributed by atoms with Crippen LogP contribution in [0.1, 0.15) is 98.8 Å².